The number of carboxylic acids is 1. The Morgan fingerprint density at radius 2 is 1.78 bits per heavy atom. The van der Waals surface area contributed by atoms with Crippen LogP contribution < -0.4 is 21.9 Å². The van der Waals surface area contributed by atoms with Crippen molar-refractivity contribution in [1.82, 2.24) is 25.1 Å². The number of aromatic nitrogens is 2. The average Bonchev–Trinajstić information content (AvgIpc) is 3.40. The third kappa shape index (κ3) is 8.97. The summed E-state index contributed by atoms with van der Waals surface area (Å²) >= 11 is 0. The summed E-state index contributed by atoms with van der Waals surface area (Å²) < 4.78 is 23.2. The molecule has 19 heteroatoms. The van der Waals surface area contributed by atoms with Crippen LogP contribution in [0, 0.1) is 0 Å². The van der Waals surface area contributed by atoms with E-state index in [-0.39, 0.29) is 13.1 Å². The summed E-state index contributed by atoms with van der Waals surface area (Å²) in [5.41, 5.74) is -2.92. The lowest BCUT2D eigenvalue weighted by molar-refractivity contribution is -0.222. The van der Waals surface area contributed by atoms with Crippen molar-refractivity contribution < 1.29 is 58.9 Å². The molecule has 2 fully saturated rings. The third-order valence-corrected chi connectivity index (χ3v) is 7.07. The van der Waals surface area contributed by atoms with Gasteiger partial charge in [0.2, 0.25) is 5.91 Å². The van der Waals surface area contributed by atoms with E-state index < -0.39 is 102 Å². The van der Waals surface area contributed by atoms with Crippen molar-refractivity contribution >= 4 is 18.0 Å². The van der Waals surface area contributed by atoms with E-state index in [1.54, 1.807) is 27.8 Å². The number of ether oxygens (including phenoxy) is 4. The van der Waals surface area contributed by atoms with Gasteiger partial charge in [-0.1, -0.05) is 0 Å². The number of amides is 2. The van der Waals surface area contributed by atoms with Crippen molar-refractivity contribution in [3.63, 3.8) is 0 Å². The van der Waals surface area contributed by atoms with E-state index >= 15 is 0 Å². The molecule has 0 radical (unpaired) electrons. The number of alkyl carbamates (subject to hydrolysis) is 1. The van der Waals surface area contributed by atoms with Gasteiger partial charge in [0, 0.05) is 32.4 Å². The number of nitrogens with zero attached hydrogens (tertiary/aromatic N) is 2. The summed E-state index contributed by atoms with van der Waals surface area (Å²) in [6, 6.07) is 0.976. The predicted octanol–water partition coefficient (Wildman–Crippen LogP) is -3.45. The lowest BCUT2D eigenvalue weighted by Gasteiger charge is -2.30. The molecular weight excluding hydrogens is 618 g/mol. The number of aliphatic carboxylic acids is 1. The molecule has 0 saturated carbocycles. The number of carbonyl (C=O) groups is 3. The zero-order valence-corrected chi connectivity index (χ0v) is 25.9. The van der Waals surface area contributed by atoms with Crippen LogP contribution in [0.2, 0.25) is 0 Å². The molecule has 19 nitrogen and oxygen atoms in total. The van der Waals surface area contributed by atoms with E-state index in [9.17, 15) is 49.5 Å². The largest absolute Gasteiger partial charge is 0.477 e. The van der Waals surface area contributed by atoms with Gasteiger partial charge < -0.3 is 60.0 Å². The molecule has 46 heavy (non-hydrogen) atoms. The molecule has 1 aromatic heterocycles. The van der Waals surface area contributed by atoms with E-state index in [0.717, 1.165) is 21.7 Å². The molecule has 9 atom stereocenters. The Bertz CT molecular complexity index is 1390. The van der Waals surface area contributed by atoms with Gasteiger partial charge in [-0.15, -0.1) is 0 Å². The van der Waals surface area contributed by atoms with Gasteiger partial charge in [0.15, 0.2) is 12.5 Å². The molecule has 8 unspecified atom stereocenters. The van der Waals surface area contributed by atoms with E-state index in [0.29, 0.717) is 0 Å². The normalized spacial score (nSPS) is 28.9. The fourth-order valence-corrected chi connectivity index (χ4v) is 4.77. The number of aromatic amines is 1. The highest BCUT2D eigenvalue weighted by atomic mass is 16.7. The number of nitrogens with one attached hydrogen (secondary N) is 3. The Morgan fingerprint density at radius 3 is 2.37 bits per heavy atom. The molecule has 0 spiro atoms. The Labute approximate surface area is 262 Å². The fourth-order valence-electron chi connectivity index (χ4n) is 4.77. The van der Waals surface area contributed by atoms with E-state index in [4.69, 9.17) is 18.9 Å². The van der Waals surface area contributed by atoms with Gasteiger partial charge in [-0.05, 0) is 33.9 Å². The molecule has 0 bridgehead atoms. The topological polar surface area (TPSA) is 271 Å². The van der Waals surface area contributed by atoms with Crippen LogP contribution in [0.5, 0.6) is 0 Å². The summed E-state index contributed by atoms with van der Waals surface area (Å²) in [5, 5.41) is 57.8. The number of H-pyrrole nitrogens is 1. The van der Waals surface area contributed by atoms with Crippen molar-refractivity contribution in [2.24, 2.45) is 0 Å². The lowest BCUT2D eigenvalue weighted by Crippen LogP contribution is -2.46. The Kier molecular flexibility index (Phi) is 12.2. The fraction of sp³-hybridized carbons (Fsp3) is 0.667. The molecule has 2 saturated heterocycles. The Morgan fingerprint density at radius 1 is 1.11 bits per heavy atom. The van der Waals surface area contributed by atoms with Gasteiger partial charge in [0.05, 0.1) is 12.5 Å². The number of carbonyl (C=O) groups excluding carboxylic acids is 2. The van der Waals surface area contributed by atoms with Crippen LogP contribution in [-0.4, -0.2) is 140 Å². The second-order valence-electron chi connectivity index (χ2n) is 11.7. The van der Waals surface area contributed by atoms with Gasteiger partial charge in [0.25, 0.3) is 5.56 Å². The third-order valence-electron chi connectivity index (χ3n) is 7.07. The molecule has 2 aliphatic rings. The highest BCUT2D eigenvalue weighted by molar-refractivity contribution is 5.92. The molecule has 1 aromatic rings. The number of hydrogen-bond acceptors (Lipinski definition) is 14. The predicted molar refractivity (Wildman–Crippen MR) is 154 cm³/mol. The number of aliphatic hydroxyl groups is 4. The maximum Gasteiger partial charge on any atom is 0.407 e. The van der Waals surface area contributed by atoms with Crippen LogP contribution in [0.4, 0.5) is 4.79 Å². The van der Waals surface area contributed by atoms with Gasteiger partial charge in [-0.25, -0.2) is 14.4 Å². The summed E-state index contributed by atoms with van der Waals surface area (Å²) in [6.07, 6.45) is -13.9. The van der Waals surface area contributed by atoms with Gasteiger partial charge in [-0.2, -0.15) is 0 Å². The van der Waals surface area contributed by atoms with Crippen LogP contribution in [0.3, 0.4) is 0 Å². The Hall–Kier alpha value is -3.69. The smallest absolute Gasteiger partial charge is 0.407 e. The molecule has 8 N–H and O–H groups in total. The van der Waals surface area contributed by atoms with Crippen molar-refractivity contribution in [2.45, 2.75) is 88.0 Å². The number of likely N-dealkylation sites (N-methyl/N-ethyl adjacent to an activating group) is 2. The molecule has 0 aliphatic carbocycles. The molecule has 3 heterocycles. The number of aliphatic hydroxyl groups excluding tert-OH is 4. The zero-order valence-electron chi connectivity index (χ0n) is 25.9. The summed E-state index contributed by atoms with van der Waals surface area (Å²) in [7, 11) is 2.75. The van der Waals surface area contributed by atoms with Crippen LogP contribution in [0.1, 0.15) is 33.4 Å². The quantitative estimate of drug-likeness (QED) is 0.101. The molecule has 2 amide bonds. The minimum absolute atomic E-state index is 0.101. The Balaban J connectivity index is 1.87. The van der Waals surface area contributed by atoms with Crippen LogP contribution in [-0.2, 0) is 28.5 Å². The van der Waals surface area contributed by atoms with Gasteiger partial charge in [0.1, 0.15) is 47.9 Å². The van der Waals surface area contributed by atoms with Crippen molar-refractivity contribution in [3.05, 3.63) is 44.9 Å². The minimum Gasteiger partial charge on any atom is -0.477 e. The molecular formula is C27H41N5O14. The number of rotatable bonds is 12. The van der Waals surface area contributed by atoms with Crippen molar-refractivity contribution in [3.8, 4) is 0 Å². The second-order valence-corrected chi connectivity index (χ2v) is 11.7. The summed E-state index contributed by atoms with van der Waals surface area (Å²) in [4.78, 5) is 64.0. The molecule has 3 rings (SSSR count). The minimum atomic E-state index is -1.82. The summed E-state index contributed by atoms with van der Waals surface area (Å²) in [6.45, 7) is 4.71. The first-order chi connectivity index (χ1) is 21.4. The zero-order chi connectivity index (χ0) is 34.5. The maximum atomic E-state index is 13.3. The highest BCUT2D eigenvalue weighted by Gasteiger charge is 2.51. The number of carboxylic acid groups (broad SMARTS) is 1. The van der Waals surface area contributed by atoms with Crippen LogP contribution in [0.25, 0.3) is 0 Å². The highest BCUT2D eigenvalue weighted by Crippen LogP contribution is 2.34. The van der Waals surface area contributed by atoms with Gasteiger partial charge in [-0.3, -0.25) is 19.1 Å². The standard InChI is InChI=1S/C27H41N5O14/c1-27(2,3)46-26(42)29-11-14-17(35)20(38)24(44-14)43-13(10-16(34)31(5)12(23(39)40)6-8-28-4)21-18(36)19(37)22(45-21)32-9-7-15(33)30-25(32)41/h6-7,9,13-14,17-22,24,28,35-38H,8,10-11H2,1-5H3,(H,29,42)(H,39,40)(H,30,33,41)/b12-6-/t13-,14?,17?,18?,19?,20?,21?,22?,24?/m0/s1. The first-order valence-electron chi connectivity index (χ1n) is 14.3. The van der Waals surface area contributed by atoms with E-state index in [1.807, 2.05) is 4.98 Å². The van der Waals surface area contributed by atoms with E-state index in [1.165, 1.54) is 13.1 Å². The molecule has 2 aliphatic heterocycles. The van der Waals surface area contributed by atoms with E-state index in [2.05, 4.69) is 10.6 Å². The lowest BCUT2D eigenvalue weighted by atomic mass is 10.0. The SMILES string of the molecule is CNC/C=C(/C(=O)O)N(C)C(=O)C[C@H](OC1OC(CNC(=O)OC(C)(C)C)C(O)C1O)C1OC(n2ccc(=O)[nH]c2=O)C(O)C1O. The maximum absolute atomic E-state index is 13.3. The van der Waals surface area contributed by atoms with Crippen LogP contribution >= 0.6 is 0 Å². The first kappa shape index (κ1) is 36.8. The van der Waals surface area contributed by atoms with Crippen molar-refractivity contribution in [2.75, 3.05) is 27.2 Å². The van der Waals surface area contributed by atoms with Crippen LogP contribution in [0.15, 0.2) is 33.6 Å². The first-order valence-corrected chi connectivity index (χ1v) is 14.3. The van der Waals surface area contributed by atoms with Gasteiger partial charge >= 0.3 is 17.8 Å². The summed E-state index contributed by atoms with van der Waals surface area (Å²) in [5.74, 6) is -2.28. The van der Waals surface area contributed by atoms with Crippen molar-refractivity contribution in [1.29, 1.82) is 0 Å². The molecule has 0 aromatic carbocycles. The number of hydrogen-bond donors (Lipinski definition) is 8. The average molecular weight is 660 g/mol. The molecule has 258 valence electrons. The monoisotopic (exact) mass is 659 g/mol. The second kappa shape index (κ2) is 15.3.